The maximum Gasteiger partial charge on any atom is 0.314 e. The molecule has 0 aliphatic carbocycles. The zero-order valence-corrected chi connectivity index (χ0v) is 17.3. The predicted octanol–water partition coefficient (Wildman–Crippen LogP) is 0.119. The van der Waals surface area contributed by atoms with E-state index in [0.717, 1.165) is 6.07 Å². The molecule has 0 radical (unpaired) electrons. The molecule has 0 spiro atoms. The van der Waals surface area contributed by atoms with Gasteiger partial charge in [0.05, 0.1) is 35.3 Å². The van der Waals surface area contributed by atoms with E-state index in [1.165, 1.54) is 24.1 Å². The Balaban J connectivity index is 2.20. The van der Waals surface area contributed by atoms with Crippen molar-refractivity contribution in [1.29, 1.82) is 0 Å². The van der Waals surface area contributed by atoms with E-state index < -0.39 is 32.6 Å². The zero-order chi connectivity index (χ0) is 21.8. The van der Waals surface area contributed by atoms with Crippen LogP contribution in [0.2, 0.25) is 0 Å². The van der Waals surface area contributed by atoms with Gasteiger partial charge in [-0.1, -0.05) is 0 Å². The van der Waals surface area contributed by atoms with Crippen LogP contribution in [0.4, 0.5) is 11.4 Å². The van der Waals surface area contributed by atoms with Gasteiger partial charge in [0.1, 0.15) is 5.75 Å². The summed E-state index contributed by atoms with van der Waals surface area (Å²) in [6.07, 6.45) is 0.273. The Bertz CT molecular complexity index is 901. The number of nitrogens with zero attached hydrogens (tertiary/aromatic N) is 3. The van der Waals surface area contributed by atoms with E-state index >= 15 is 0 Å². The Morgan fingerprint density at radius 2 is 2.00 bits per heavy atom. The van der Waals surface area contributed by atoms with Crippen molar-refractivity contribution < 1.29 is 27.7 Å². The summed E-state index contributed by atoms with van der Waals surface area (Å²) < 4.78 is 28.7. The zero-order valence-electron chi connectivity index (χ0n) is 16.5. The normalized spacial score (nSPS) is 17.7. The Morgan fingerprint density at radius 1 is 1.31 bits per heavy atom. The quantitative estimate of drug-likeness (QED) is 0.367. The number of benzene rings is 1. The summed E-state index contributed by atoms with van der Waals surface area (Å²) >= 11 is 0. The lowest BCUT2D eigenvalue weighted by Gasteiger charge is -2.29. The van der Waals surface area contributed by atoms with Gasteiger partial charge in [-0.2, -0.15) is 0 Å². The number of sulfone groups is 1. The van der Waals surface area contributed by atoms with Crippen molar-refractivity contribution in [3.8, 4) is 5.75 Å². The first-order valence-corrected chi connectivity index (χ1v) is 10.7. The number of anilines is 1. The lowest BCUT2D eigenvalue weighted by molar-refractivity contribution is -0.384. The summed E-state index contributed by atoms with van der Waals surface area (Å²) in [5, 5.41) is 13.3. The number of nitro groups is 1. The largest absolute Gasteiger partial charge is 0.494 e. The van der Waals surface area contributed by atoms with Crippen LogP contribution in [-0.2, 0) is 19.4 Å². The number of amides is 2. The molecule has 0 aromatic heterocycles. The van der Waals surface area contributed by atoms with Gasteiger partial charge in [0.2, 0.25) is 0 Å². The molecule has 1 unspecified atom stereocenters. The molecule has 12 heteroatoms. The van der Waals surface area contributed by atoms with Gasteiger partial charge in [-0.05, 0) is 26.6 Å². The van der Waals surface area contributed by atoms with E-state index in [2.05, 4.69) is 5.32 Å². The van der Waals surface area contributed by atoms with Crippen molar-refractivity contribution in [2.24, 2.45) is 0 Å². The van der Waals surface area contributed by atoms with Crippen LogP contribution in [-0.4, -0.2) is 86.8 Å². The number of carbonyl (C=O) groups excluding carboxylic acids is 2. The Hall–Kier alpha value is -2.73. The van der Waals surface area contributed by atoms with Crippen molar-refractivity contribution in [2.45, 2.75) is 12.5 Å². The third-order valence-corrected chi connectivity index (χ3v) is 6.29. The molecule has 1 atom stereocenters. The Kier molecular flexibility index (Phi) is 7.14. The molecule has 1 aliphatic heterocycles. The smallest absolute Gasteiger partial charge is 0.314 e. The summed E-state index contributed by atoms with van der Waals surface area (Å²) in [7, 11) is 1.64. The van der Waals surface area contributed by atoms with Crippen LogP contribution in [0.15, 0.2) is 18.2 Å². The van der Waals surface area contributed by atoms with Crippen molar-refractivity contribution in [2.75, 3.05) is 51.1 Å². The number of non-ortho nitro benzene ring substituents is 1. The highest BCUT2D eigenvalue weighted by Gasteiger charge is 2.36. The van der Waals surface area contributed by atoms with Gasteiger partial charge in [-0.25, -0.2) is 8.42 Å². The molecule has 160 valence electrons. The van der Waals surface area contributed by atoms with E-state index in [1.807, 2.05) is 4.90 Å². The number of rotatable bonds is 7. The van der Waals surface area contributed by atoms with Crippen LogP contribution in [0.3, 0.4) is 0 Å². The standard InChI is InChI=1S/C17H24N4O7S/c1-19(2)7-8-20(13-6-9-29(26,27)11-13)17(23)16(22)18-14-5-4-12(21(24)25)10-15(14)28-3/h4-5,10,13H,6-9,11H2,1-3H3,(H,18,22). The molecule has 29 heavy (non-hydrogen) atoms. The summed E-state index contributed by atoms with van der Waals surface area (Å²) in [6, 6.07) is 3.01. The summed E-state index contributed by atoms with van der Waals surface area (Å²) in [4.78, 5) is 38.7. The van der Waals surface area contributed by atoms with Crippen LogP contribution in [0, 0.1) is 10.1 Å². The van der Waals surface area contributed by atoms with Gasteiger partial charge in [-0.3, -0.25) is 19.7 Å². The van der Waals surface area contributed by atoms with Crippen LogP contribution in [0.25, 0.3) is 0 Å². The van der Waals surface area contributed by atoms with E-state index in [-0.39, 0.29) is 41.6 Å². The van der Waals surface area contributed by atoms with Gasteiger partial charge in [0.25, 0.3) is 5.69 Å². The second-order valence-electron chi connectivity index (χ2n) is 6.95. The fourth-order valence-corrected chi connectivity index (χ4v) is 4.71. The minimum atomic E-state index is -3.24. The van der Waals surface area contributed by atoms with Crippen LogP contribution >= 0.6 is 0 Å². The number of hydrogen-bond acceptors (Lipinski definition) is 8. The fourth-order valence-electron chi connectivity index (χ4n) is 2.98. The third kappa shape index (κ3) is 5.87. The maximum absolute atomic E-state index is 12.8. The molecule has 2 amide bonds. The van der Waals surface area contributed by atoms with Crippen molar-refractivity contribution in [3.05, 3.63) is 28.3 Å². The lowest BCUT2D eigenvalue weighted by atomic mass is 10.2. The monoisotopic (exact) mass is 428 g/mol. The van der Waals surface area contributed by atoms with Crippen LogP contribution < -0.4 is 10.1 Å². The van der Waals surface area contributed by atoms with Crippen molar-refractivity contribution in [3.63, 3.8) is 0 Å². The first kappa shape index (κ1) is 22.6. The summed E-state index contributed by atoms with van der Waals surface area (Å²) in [5.41, 5.74) is -0.127. The Labute approximate surface area is 168 Å². The average molecular weight is 428 g/mol. The molecular formula is C17H24N4O7S. The first-order chi connectivity index (χ1) is 13.5. The predicted molar refractivity (Wildman–Crippen MR) is 106 cm³/mol. The lowest BCUT2D eigenvalue weighted by Crippen LogP contribution is -2.48. The first-order valence-electron chi connectivity index (χ1n) is 8.83. The molecule has 0 bridgehead atoms. The minimum Gasteiger partial charge on any atom is -0.494 e. The number of likely N-dealkylation sites (N-methyl/N-ethyl adjacent to an activating group) is 1. The molecule has 1 aromatic carbocycles. The fraction of sp³-hybridized carbons (Fsp3) is 0.529. The van der Waals surface area contributed by atoms with Crippen molar-refractivity contribution in [1.82, 2.24) is 9.80 Å². The van der Waals surface area contributed by atoms with Gasteiger partial charge in [0, 0.05) is 25.2 Å². The average Bonchev–Trinajstić information content (AvgIpc) is 3.01. The molecule has 1 saturated heterocycles. The number of nitrogens with one attached hydrogen (secondary N) is 1. The molecule has 1 aliphatic rings. The van der Waals surface area contributed by atoms with E-state index in [4.69, 9.17) is 4.74 Å². The van der Waals surface area contributed by atoms with E-state index in [1.54, 1.807) is 14.1 Å². The van der Waals surface area contributed by atoms with Gasteiger partial charge < -0.3 is 19.9 Å². The second kappa shape index (κ2) is 9.18. The number of methoxy groups -OCH3 is 1. The molecular weight excluding hydrogens is 404 g/mol. The topological polar surface area (TPSA) is 139 Å². The molecule has 1 N–H and O–H groups in total. The second-order valence-corrected chi connectivity index (χ2v) is 9.18. The van der Waals surface area contributed by atoms with E-state index in [0.29, 0.717) is 6.54 Å². The Morgan fingerprint density at radius 3 is 2.52 bits per heavy atom. The summed E-state index contributed by atoms with van der Waals surface area (Å²) in [5.74, 6) is -2.01. The molecule has 2 rings (SSSR count). The molecule has 11 nitrogen and oxygen atoms in total. The molecule has 0 saturated carbocycles. The molecule has 1 aromatic rings. The van der Waals surface area contributed by atoms with Gasteiger partial charge >= 0.3 is 11.8 Å². The number of hydrogen-bond donors (Lipinski definition) is 1. The third-order valence-electron chi connectivity index (χ3n) is 4.54. The molecule has 1 heterocycles. The van der Waals surface area contributed by atoms with Crippen LogP contribution in [0.5, 0.6) is 5.75 Å². The van der Waals surface area contributed by atoms with E-state index in [9.17, 15) is 28.1 Å². The van der Waals surface area contributed by atoms with Gasteiger partial charge in [-0.15, -0.1) is 0 Å². The SMILES string of the molecule is COc1cc([N+](=O)[O-])ccc1NC(=O)C(=O)N(CCN(C)C)C1CCS(=O)(=O)C1. The highest BCUT2D eigenvalue weighted by Crippen LogP contribution is 2.29. The molecule has 1 fully saturated rings. The highest BCUT2D eigenvalue weighted by atomic mass is 32.2. The summed E-state index contributed by atoms with van der Waals surface area (Å²) in [6.45, 7) is 0.646. The van der Waals surface area contributed by atoms with Crippen molar-refractivity contribution >= 4 is 33.0 Å². The minimum absolute atomic E-state index is 0.0266. The maximum atomic E-state index is 12.8. The number of nitro benzene ring substituents is 1. The highest BCUT2D eigenvalue weighted by molar-refractivity contribution is 7.91. The van der Waals surface area contributed by atoms with Crippen LogP contribution in [0.1, 0.15) is 6.42 Å². The number of carbonyl (C=O) groups is 2. The number of ether oxygens (including phenoxy) is 1. The van der Waals surface area contributed by atoms with Gasteiger partial charge in [0.15, 0.2) is 9.84 Å².